The van der Waals surface area contributed by atoms with Crippen LogP contribution in [0.15, 0.2) is 24.5 Å². The standard InChI is InChI=1S/C13H19N3/c1-3-4-7-11(14)12-9-15-13-10(2)6-5-8-16(12)13/h5-6,8-9,11H,3-4,7,14H2,1-2H3/t11-/m0/s1. The van der Waals surface area contributed by atoms with E-state index in [0.717, 1.165) is 17.8 Å². The molecular formula is C13H19N3. The van der Waals surface area contributed by atoms with Crippen molar-refractivity contribution in [3.05, 3.63) is 35.8 Å². The first-order chi connectivity index (χ1) is 7.74. The number of unbranched alkanes of at least 4 members (excludes halogenated alkanes) is 1. The van der Waals surface area contributed by atoms with E-state index >= 15 is 0 Å². The van der Waals surface area contributed by atoms with E-state index in [-0.39, 0.29) is 6.04 Å². The molecule has 0 amide bonds. The topological polar surface area (TPSA) is 43.3 Å². The summed E-state index contributed by atoms with van der Waals surface area (Å²) in [7, 11) is 0. The molecular weight excluding hydrogens is 198 g/mol. The second-order valence-electron chi connectivity index (χ2n) is 4.32. The Hall–Kier alpha value is -1.35. The first-order valence-corrected chi connectivity index (χ1v) is 5.92. The molecule has 3 nitrogen and oxygen atoms in total. The summed E-state index contributed by atoms with van der Waals surface area (Å²) in [5, 5.41) is 0. The van der Waals surface area contributed by atoms with Gasteiger partial charge in [-0.3, -0.25) is 0 Å². The zero-order chi connectivity index (χ0) is 11.5. The fourth-order valence-electron chi connectivity index (χ4n) is 2.02. The Bertz CT molecular complexity index is 473. The minimum absolute atomic E-state index is 0.0942. The van der Waals surface area contributed by atoms with Crippen LogP contribution in [0.5, 0.6) is 0 Å². The highest BCUT2D eigenvalue weighted by Crippen LogP contribution is 2.19. The molecule has 0 aliphatic carbocycles. The molecule has 0 aliphatic heterocycles. The molecule has 2 aromatic rings. The lowest BCUT2D eigenvalue weighted by Crippen LogP contribution is -2.12. The van der Waals surface area contributed by atoms with Crippen LogP contribution in [0.25, 0.3) is 5.65 Å². The fourth-order valence-corrected chi connectivity index (χ4v) is 2.02. The molecule has 16 heavy (non-hydrogen) atoms. The number of nitrogens with two attached hydrogens (primary N) is 1. The van der Waals surface area contributed by atoms with Crippen molar-refractivity contribution in [1.82, 2.24) is 9.38 Å². The van der Waals surface area contributed by atoms with Crippen LogP contribution >= 0.6 is 0 Å². The Morgan fingerprint density at radius 1 is 1.50 bits per heavy atom. The van der Waals surface area contributed by atoms with E-state index in [9.17, 15) is 0 Å². The number of aromatic nitrogens is 2. The Labute approximate surface area is 96.3 Å². The largest absolute Gasteiger partial charge is 0.323 e. The third kappa shape index (κ3) is 1.95. The van der Waals surface area contributed by atoms with E-state index < -0.39 is 0 Å². The molecule has 0 aliphatic rings. The fraction of sp³-hybridized carbons (Fsp3) is 0.462. The van der Waals surface area contributed by atoms with Crippen molar-refractivity contribution in [2.24, 2.45) is 5.73 Å². The number of hydrogen-bond acceptors (Lipinski definition) is 2. The van der Waals surface area contributed by atoms with Gasteiger partial charge in [0.25, 0.3) is 0 Å². The average Bonchev–Trinajstić information content (AvgIpc) is 2.71. The van der Waals surface area contributed by atoms with E-state index in [1.165, 1.54) is 18.4 Å². The summed E-state index contributed by atoms with van der Waals surface area (Å²) in [5.41, 5.74) is 9.51. The van der Waals surface area contributed by atoms with Crippen LogP contribution in [0, 0.1) is 6.92 Å². The summed E-state index contributed by atoms with van der Waals surface area (Å²) < 4.78 is 2.11. The molecule has 0 fully saturated rings. The van der Waals surface area contributed by atoms with Crippen LogP contribution in [-0.4, -0.2) is 9.38 Å². The highest BCUT2D eigenvalue weighted by Gasteiger charge is 2.11. The van der Waals surface area contributed by atoms with Gasteiger partial charge < -0.3 is 10.1 Å². The Morgan fingerprint density at radius 3 is 3.06 bits per heavy atom. The number of imidazole rings is 1. The predicted octanol–water partition coefficient (Wildman–Crippen LogP) is 2.83. The zero-order valence-electron chi connectivity index (χ0n) is 9.98. The summed E-state index contributed by atoms with van der Waals surface area (Å²) >= 11 is 0. The number of aryl methyl sites for hydroxylation is 1. The maximum absolute atomic E-state index is 6.18. The molecule has 0 radical (unpaired) electrons. The van der Waals surface area contributed by atoms with Crippen molar-refractivity contribution >= 4 is 5.65 Å². The van der Waals surface area contributed by atoms with E-state index in [1.807, 2.05) is 18.5 Å². The van der Waals surface area contributed by atoms with Crippen molar-refractivity contribution in [3.63, 3.8) is 0 Å². The summed E-state index contributed by atoms with van der Waals surface area (Å²) in [6.45, 7) is 4.26. The lowest BCUT2D eigenvalue weighted by Gasteiger charge is -2.10. The smallest absolute Gasteiger partial charge is 0.139 e. The van der Waals surface area contributed by atoms with Gasteiger partial charge in [0.2, 0.25) is 0 Å². The molecule has 2 heterocycles. The third-order valence-corrected chi connectivity index (χ3v) is 3.01. The Morgan fingerprint density at radius 2 is 2.31 bits per heavy atom. The van der Waals surface area contributed by atoms with Crippen LogP contribution in [0.4, 0.5) is 0 Å². The lowest BCUT2D eigenvalue weighted by molar-refractivity contribution is 0.587. The number of pyridine rings is 1. The van der Waals surface area contributed by atoms with Crippen molar-refractivity contribution < 1.29 is 0 Å². The Kier molecular flexibility index (Phi) is 3.25. The highest BCUT2D eigenvalue weighted by atomic mass is 15.0. The van der Waals surface area contributed by atoms with Crippen molar-refractivity contribution in [3.8, 4) is 0 Å². The molecule has 0 bridgehead atoms. The van der Waals surface area contributed by atoms with Crippen LogP contribution in [0.2, 0.25) is 0 Å². The summed E-state index contributed by atoms with van der Waals surface area (Å²) in [4.78, 5) is 4.43. The minimum atomic E-state index is 0.0942. The van der Waals surface area contributed by atoms with E-state index in [1.54, 1.807) is 0 Å². The van der Waals surface area contributed by atoms with Crippen LogP contribution in [0.1, 0.15) is 43.5 Å². The SMILES string of the molecule is CCCC[C@H](N)c1cnc2c(C)cccn12. The van der Waals surface area contributed by atoms with Crippen LogP contribution in [0.3, 0.4) is 0 Å². The third-order valence-electron chi connectivity index (χ3n) is 3.01. The molecule has 2 rings (SSSR count). The maximum atomic E-state index is 6.18. The second kappa shape index (κ2) is 4.66. The van der Waals surface area contributed by atoms with E-state index in [2.05, 4.69) is 29.3 Å². The highest BCUT2D eigenvalue weighted by molar-refractivity contribution is 5.48. The normalized spacial score (nSPS) is 13.2. The molecule has 2 aromatic heterocycles. The van der Waals surface area contributed by atoms with Gasteiger partial charge in [-0.2, -0.15) is 0 Å². The van der Waals surface area contributed by atoms with Gasteiger partial charge >= 0.3 is 0 Å². The molecule has 0 aromatic carbocycles. The minimum Gasteiger partial charge on any atom is -0.323 e. The number of rotatable bonds is 4. The van der Waals surface area contributed by atoms with Gasteiger partial charge in [0.05, 0.1) is 11.9 Å². The predicted molar refractivity (Wildman–Crippen MR) is 66.4 cm³/mol. The molecule has 0 saturated carbocycles. The van der Waals surface area contributed by atoms with Crippen molar-refractivity contribution in [1.29, 1.82) is 0 Å². The number of hydrogen-bond donors (Lipinski definition) is 1. The van der Waals surface area contributed by atoms with Crippen LogP contribution < -0.4 is 5.73 Å². The van der Waals surface area contributed by atoms with Gasteiger partial charge in [-0.1, -0.05) is 25.8 Å². The van der Waals surface area contributed by atoms with Crippen molar-refractivity contribution in [2.45, 2.75) is 39.2 Å². The quantitative estimate of drug-likeness (QED) is 0.855. The first-order valence-electron chi connectivity index (χ1n) is 5.92. The molecule has 0 unspecified atom stereocenters. The van der Waals surface area contributed by atoms with Gasteiger partial charge in [0.15, 0.2) is 0 Å². The molecule has 2 N–H and O–H groups in total. The number of nitrogens with zero attached hydrogens (tertiary/aromatic N) is 2. The zero-order valence-corrected chi connectivity index (χ0v) is 9.98. The van der Waals surface area contributed by atoms with Gasteiger partial charge in [-0.05, 0) is 25.0 Å². The van der Waals surface area contributed by atoms with E-state index in [4.69, 9.17) is 5.73 Å². The summed E-state index contributed by atoms with van der Waals surface area (Å²) in [5.74, 6) is 0. The number of fused-ring (bicyclic) bond motifs is 1. The second-order valence-corrected chi connectivity index (χ2v) is 4.32. The lowest BCUT2D eigenvalue weighted by atomic mass is 10.1. The van der Waals surface area contributed by atoms with Gasteiger partial charge in [-0.25, -0.2) is 4.98 Å². The van der Waals surface area contributed by atoms with Gasteiger partial charge in [0, 0.05) is 12.2 Å². The van der Waals surface area contributed by atoms with Gasteiger partial charge in [0.1, 0.15) is 5.65 Å². The molecule has 86 valence electrons. The molecule has 0 saturated heterocycles. The molecule has 0 spiro atoms. The van der Waals surface area contributed by atoms with Crippen molar-refractivity contribution in [2.75, 3.05) is 0 Å². The summed E-state index contributed by atoms with van der Waals surface area (Å²) in [6, 6.07) is 4.21. The van der Waals surface area contributed by atoms with Gasteiger partial charge in [-0.15, -0.1) is 0 Å². The van der Waals surface area contributed by atoms with Crippen LogP contribution in [-0.2, 0) is 0 Å². The molecule has 3 heteroatoms. The summed E-state index contributed by atoms with van der Waals surface area (Å²) in [6.07, 6.45) is 7.32. The first kappa shape index (κ1) is 11.1. The monoisotopic (exact) mass is 217 g/mol. The molecule has 1 atom stereocenters. The Balaban J connectivity index is 2.34. The van der Waals surface area contributed by atoms with E-state index in [0.29, 0.717) is 0 Å². The maximum Gasteiger partial charge on any atom is 0.139 e. The average molecular weight is 217 g/mol.